The second-order valence-corrected chi connectivity index (χ2v) is 7.17. The van der Waals surface area contributed by atoms with E-state index in [0.717, 1.165) is 42.0 Å². The highest BCUT2D eigenvalue weighted by molar-refractivity contribution is 14.0. The zero-order valence-electron chi connectivity index (χ0n) is 16.7. The lowest BCUT2D eigenvalue weighted by atomic mass is 9.88. The summed E-state index contributed by atoms with van der Waals surface area (Å²) in [5.74, 6) is 2.50. The molecule has 0 radical (unpaired) electrons. The number of anilines is 1. The summed E-state index contributed by atoms with van der Waals surface area (Å²) in [5.41, 5.74) is 4.48. The number of fused-ring (bicyclic) bond motifs is 2. The molecule has 7 heteroatoms. The first-order valence-corrected chi connectivity index (χ1v) is 9.94. The van der Waals surface area contributed by atoms with Gasteiger partial charge in [0.05, 0.1) is 13.2 Å². The first kappa shape index (κ1) is 21.5. The molecule has 0 fully saturated rings. The van der Waals surface area contributed by atoms with Crippen LogP contribution in [0.1, 0.15) is 36.0 Å². The number of hydrogen-bond donors (Lipinski definition) is 3. The van der Waals surface area contributed by atoms with E-state index in [0.29, 0.717) is 31.5 Å². The van der Waals surface area contributed by atoms with Crippen LogP contribution in [0.5, 0.6) is 17.2 Å². The van der Waals surface area contributed by atoms with Crippen molar-refractivity contribution in [1.82, 2.24) is 5.32 Å². The van der Waals surface area contributed by atoms with Crippen molar-refractivity contribution < 1.29 is 14.6 Å². The first-order chi connectivity index (χ1) is 13.7. The molecule has 0 unspecified atom stereocenters. The fourth-order valence-corrected chi connectivity index (χ4v) is 3.82. The molecule has 1 aliphatic carbocycles. The molecule has 0 saturated heterocycles. The minimum atomic E-state index is 0. The van der Waals surface area contributed by atoms with Gasteiger partial charge in [0, 0.05) is 37.3 Å². The Morgan fingerprint density at radius 2 is 1.83 bits per heavy atom. The zero-order chi connectivity index (χ0) is 19.3. The highest BCUT2D eigenvalue weighted by Gasteiger charge is 2.17. The van der Waals surface area contributed by atoms with Gasteiger partial charge in [-0.05, 0) is 55.0 Å². The molecule has 0 spiro atoms. The second kappa shape index (κ2) is 10.0. The molecule has 2 aromatic carbocycles. The summed E-state index contributed by atoms with van der Waals surface area (Å²) in [6, 6.07) is 9.65. The van der Waals surface area contributed by atoms with Crippen LogP contribution >= 0.6 is 24.0 Å². The van der Waals surface area contributed by atoms with Gasteiger partial charge in [0.1, 0.15) is 5.75 Å². The smallest absolute Gasteiger partial charge is 0.195 e. The van der Waals surface area contributed by atoms with Gasteiger partial charge in [-0.25, -0.2) is 0 Å². The quantitative estimate of drug-likeness (QED) is 0.328. The number of phenols is 1. The Hall–Kier alpha value is -2.16. The Bertz CT molecular complexity index is 886. The van der Waals surface area contributed by atoms with Gasteiger partial charge >= 0.3 is 0 Å². The minimum Gasteiger partial charge on any atom is -0.508 e. The van der Waals surface area contributed by atoms with E-state index in [-0.39, 0.29) is 24.0 Å². The monoisotopic (exact) mass is 509 g/mol. The Labute approximate surface area is 188 Å². The molecule has 2 aliphatic rings. The molecular weight excluding hydrogens is 481 g/mol. The molecule has 0 aromatic heterocycles. The molecule has 1 aliphatic heterocycles. The van der Waals surface area contributed by atoms with Gasteiger partial charge in [0.2, 0.25) is 0 Å². The van der Waals surface area contributed by atoms with Crippen molar-refractivity contribution in [3.8, 4) is 17.2 Å². The van der Waals surface area contributed by atoms with Crippen molar-refractivity contribution in [2.75, 3.05) is 25.6 Å². The molecular formula is C22H28IN3O3. The van der Waals surface area contributed by atoms with Crippen molar-refractivity contribution in [2.45, 2.75) is 38.6 Å². The Balaban J connectivity index is 0.00000240. The van der Waals surface area contributed by atoms with Crippen molar-refractivity contribution in [1.29, 1.82) is 0 Å². The maximum absolute atomic E-state index is 10.4. The Morgan fingerprint density at radius 1 is 1.03 bits per heavy atom. The number of ether oxygens (including phenoxy) is 2. The van der Waals surface area contributed by atoms with Crippen LogP contribution in [0.4, 0.5) is 5.69 Å². The van der Waals surface area contributed by atoms with Crippen LogP contribution in [0.2, 0.25) is 0 Å². The van der Waals surface area contributed by atoms with Crippen molar-refractivity contribution >= 4 is 35.6 Å². The van der Waals surface area contributed by atoms with Crippen molar-refractivity contribution in [2.24, 2.45) is 4.99 Å². The van der Waals surface area contributed by atoms with Crippen LogP contribution in [0, 0.1) is 0 Å². The molecule has 1 heterocycles. The second-order valence-electron chi connectivity index (χ2n) is 7.17. The highest BCUT2D eigenvalue weighted by atomic mass is 127. The van der Waals surface area contributed by atoms with E-state index in [4.69, 9.17) is 9.47 Å². The van der Waals surface area contributed by atoms with E-state index in [1.807, 2.05) is 18.2 Å². The third kappa shape index (κ3) is 5.07. The lowest BCUT2D eigenvalue weighted by molar-refractivity contribution is 0.297. The zero-order valence-corrected chi connectivity index (χ0v) is 19.0. The molecule has 2 aromatic rings. The van der Waals surface area contributed by atoms with Gasteiger partial charge in [0.25, 0.3) is 0 Å². The predicted molar refractivity (Wildman–Crippen MR) is 126 cm³/mol. The molecule has 4 rings (SSSR count). The molecule has 0 bridgehead atoms. The van der Waals surface area contributed by atoms with Gasteiger partial charge in [-0.1, -0.05) is 6.07 Å². The molecule has 0 atom stereocenters. The van der Waals surface area contributed by atoms with E-state index >= 15 is 0 Å². The SMILES string of the molecule is CN=C(NCc1c(O)ccc2c1CCCC2)Nc1ccc2c(c1)OCCCO2.I. The van der Waals surface area contributed by atoms with E-state index in [1.54, 1.807) is 13.1 Å². The third-order valence-corrected chi connectivity index (χ3v) is 5.29. The molecule has 156 valence electrons. The third-order valence-electron chi connectivity index (χ3n) is 5.29. The Kier molecular flexibility index (Phi) is 7.46. The summed E-state index contributed by atoms with van der Waals surface area (Å²) in [7, 11) is 1.73. The highest BCUT2D eigenvalue weighted by Crippen LogP contribution is 2.33. The number of nitrogens with one attached hydrogen (secondary N) is 2. The van der Waals surface area contributed by atoms with Crippen LogP contribution in [-0.2, 0) is 19.4 Å². The van der Waals surface area contributed by atoms with Gasteiger partial charge in [-0.2, -0.15) is 0 Å². The lowest BCUT2D eigenvalue weighted by Gasteiger charge is -2.21. The summed E-state index contributed by atoms with van der Waals surface area (Å²) in [6.45, 7) is 1.86. The molecule has 3 N–H and O–H groups in total. The fourth-order valence-electron chi connectivity index (χ4n) is 3.82. The van der Waals surface area contributed by atoms with Gasteiger partial charge in [-0.15, -0.1) is 24.0 Å². The number of aliphatic imine (C=N–C) groups is 1. The number of guanidine groups is 1. The van der Waals surface area contributed by atoms with Gasteiger partial charge in [0.15, 0.2) is 17.5 Å². The lowest BCUT2D eigenvalue weighted by Crippen LogP contribution is -2.30. The summed E-state index contributed by atoms with van der Waals surface area (Å²) in [5, 5.41) is 17.0. The fraction of sp³-hybridized carbons (Fsp3) is 0.409. The van der Waals surface area contributed by atoms with E-state index in [9.17, 15) is 5.11 Å². The van der Waals surface area contributed by atoms with Crippen LogP contribution in [0.3, 0.4) is 0 Å². The maximum atomic E-state index is 10.4. The summed E-state index contributed by atoms with van der Waals surface area (Å²) in [6.07, 6.45) is 5.39. The maximum Gasteiger partial charge on any atom is 0.195 e. The first-order valence-electron chi connectivity index (χ1n) is 9.94. The van der Waals surface area contributed by atoms with Crippen molar-refractivity contribution in [3.05, 3.63) is 47.0 Å². The molecule has 29 heavy (non-hydrogen) atoms. The normalized spacial score (nSPS) is 15.6. The van der Waals surface area contributed by atoms with Crippen LogP contribution in [-0.4, -0.2) is 31.3 Å². The van der Waals surface area contributed by atoms with E-state index < -0.39 is 0 Å². The van der Waals surface area contributed by atoms with Crippen LogP contribution < -0.4 is 20.1 Å². The number of aromatic hydroxyl groups is 1. The number of benzene rings is 2. The number of halogens is 1. The summed E-state index contributed by atoms with van der Waals surface area (Å²) in [4.78, 5) is 4.31. The van der Waals surface area contributed by atoms with Crippen LogP contribution in [0.15, 0.2) is 35.3 Å². The largest absolute Gasteiger partial charge is 0.508 e. The number of rotatable bonds is 3. The molecule has 6 nitrogen and oxygen atoms in total. The average Bonchev–Trinajstić information content (AvgIpc) is 2.97. The predicted octanol–water partition coefficient (Wildman–Crippen LogP) is 4.24. The average molecular weight is 509 g/mol. The van der Waals surface area contributed by atoms with Gasteiger partial charge in [-0.3, -0.25) is 4.99 Å². The number of phenolic OH excluding ortho intramolecular Hbond substituents is 1. The van der Waals surface area contributed by atoms with Crippen molar-refractivity contribution in [3.63, 3.8) is 0 Å². The number of nitrogens with zero attached hydrogens (tertiary/aromatic N) is 1. The number of hydrogen-bond acceptors (Lipinski definition) is 4. The molecule has 0 saturated carbocycles. The number of aryl methyl sites for hydroxylation is 1. The topological polar surface area (TPSA) is 75.1 Å². The van der Waals surface area contributed by atoms with E-state index in [2.05, 4.69) is 21.7 Å². The summed E-state index contributed by atoms with van der Waals surface area (Å²) < 4.78 is 11.4. The Morgan fingerprint density at radius 3 is 2.66 bits per heavy atom. The molecule has 0 amide bonds. The van der Waals surface area contributed by atoms with Crippen LogP contribution in [0.25, 0.3) is 0 Å². The minimum absolute atomic E-state index is 0. The summed E-state index contributed by atoms with van der Waals surface area (Å²) >= 11 is 0. The standard InChI is InChI=1S/C22H27N3O3.HI/c1-23-22(25-16-8-10-20-21(13-16)28-12-4-11-27-20)24-14-18-17-6-3-2-5-15(17)7-9-19(18)26;/h7-10,13,26H,2-6,11-12,14H2,1H3,(H2,23,24,25);1H. The van der Waals surface area contributed by atoms with Gasteiger partial charge < -0.3 is 25.2 Å². The van der Waals surface area contributed by atoms with E-state index in [1.165, 1.54) is 24.0 Å².